The molecule has 0 aliphatic heterocycles. The van der Waals surface area contributed by atoms with Crippen molar-refractivity contribution in [3.05, 3.63) is 41.2 Å². The van der Waals surface area contributed by atoms with E-state index < -0.39 is 0 Å². The number of benzene rings is 1. The number of rotatable bonds is 3. The minimum atomic E-state index is -0.316. The molecule has 0 bridgehead atoms. The second kappa shape index (κ2) is 4.95. The van der Waals surface area contributed by atoms with Gasteiger partial charge in [-0.05, 0) is 19.1 Å². The summed E-state index contributed by atoms with van der Waals surface area (Å²) in [5.74, 6) is -0.253. The fourth-order valence-corrected chi connectivity index (χ4v) is 3.23. The van der Waals surface area contributed by atoms with Crippen LogP contribution < -0.4 is 5.73 Å². The molecule has 0 spiro atoms. The Morgan fingerprint density at radius 2 is 2.31 bits per heavy atom. The molecule has 1 aromatic carbocycles. The monoisotopic (exact) mass is 254 g/mol. The molecule has 2 N–H and O–H groups in total. The van der Waals surface area contributed by atoms with Crippen LogP contribution in [0.2, 0.25) is 0 Å². The molecule has 84 valence electrons. The van der Waals surface area contributed by atoms with Crippen molar-refractivity contribution in [2.24, 2.45) is 5.73 Å². The van der Waals surface area contributed by atoms with Gasteiger partial charge in [-0.25, -0.2) is 9.37 Å². The van der Waals surface area contributed by atoms with Gasteiger partial charge in [-0.3, -0.25) is 0 Å². The topological polar surface area (TPSA) is 38.9 Å². The van der Waals surface area contributed by atoms with E-state index in [9.17, 15) is 4.39 Å². The van der Waals surface area contributed by atoms with Gasteiger partial charge >= 0.3 is 0 Å². The highest BCUT2D eigenvalue weighted by Gasteiger charge is 2.13. The van der Waals surface area contributed by atoms with Crippen molar-refractivity contribution in [3.8, 4) is 0 Å². The van der Waals surface area contributed by atoms with Gasteiger partial charge in [0.25, 0.3) is 0 Å². The maximum Gasteiger partial charge on any atom is 0.154 e. The Hall–Kier alpha value is -0.910. The largest absolute Gasteiger partial charge is 0.324 e. The highest BCUT2D eigenvalue weighted by molar-refractivity contribution is 8.01. The van der Waals surface area contributed by atoms with Gasteiger partial charge in [-0.2, -0.15) is 0 Å². The molecule has 0 aliphatic rings. The zero-order chi connectivity index (χ0) is 11.5. The van der Waals surface area contributed by atoms with Crippen LogP contribution in [0, 0.1) is 5.82 Å². The number of nitrogens with two attached hydrogens (primary N) is 1. The zero-order valence-corrected chi connectivity index (χ0v) is 10.3. The number of thiazole rings is 1. The van der Waals surface area contributed by atoms with E-state index in [2.05, 4.69) is 4.98 Å². The second-order valence-electron chi connectivity index (χ2n) is 3.34. The fraction of sp³-hybridized carbons (Fsp3) is 0.182. The number of hydrogen-bond donors (Lipinski definition) is 1. The quantitative estimate of drug-likeness (QED) is 0.911. The first-order valence-corrected chi connectivity index (χ1v) is 6.49. The molecule has 1 aromatic heterocycles. The van der Waals surface area contributed by atoms with Crippen molar-refractivity contribution in [1.29, 1.82) is 0 Å². The molecule has 0 unspecified atom stereocenters. The van der Waals surface area contributed by atoms with E-state index in [1.165, 1.54) is 29.2 Å². The molecule has 0 aliphatic carbocycles. The van der Waals surface area contributed by atoms with Gasteiger partial charge in [0, 0.05) is 28.1 Å². The summed E-state index contributed by atoms with van der Waals surface area (Å²) in [5.41, 5.74) is 6.33. The summed E-state index contributed by atoms with van der Waals surface area (Å²) in [4.78, 5) is 5.00. The Morgan fingerprint density at radius 3 is 2.94 bits per heavy atom. The summed E-state index contributed by atoms with van der Waals surface area (Å²) >= 11 is 2.98. The van der Waals surface area contributed by atoms with Crippen molar-refractivity contribution in [1.82, 2.24) is 4.98 Å². The third-order valence-electron chi connectivity index (χ3n) is 2.08. The lowest BCUT2D eigenvalue weighted by Crippen LogP contribution is -2.08. The lowest BCUT2D eigenvalue weighted by Gasteiger charge is -2.11. The smallest absolute Gasteiger partial charge is 0.154 e. The molecule has 5 heteroatoms. The third kappa shape index (κ3) is 2.42. The zero-order valence-electron chi connectivity index (χ0n) is 8.68. The molecular weight excluding hydrogens is 243 g/mol. The molecule has 0 radical (unpaired) electrons. The van der Waals surface area contributed by atoms with Crippen molar-refractivity contribution in [2.75, 3.05) is 0 Å². The molecular formula is C11H11FN2S2. The fourth-order valence-electron chi connectivity index (χ4n) is 1.40. The Kier molecular flexibility index (Phi) is 3.58. The maximum atomic E-state index is 13.6. The minimum absolute atomic E-state index is 0.253. The second-order valence-corrected chi connectivity index (χ2v) is 5.52. The molecule has 1 atom stereocenters. The number of halogens is 1. The van der Waals surface area contributed by atoms with Gasteiger partial charge in [-0.1, -0.05) is 17.8 Å². The first kappa shape index (κ1) is 11.6. The van der Waals surface area contributed by atoms with Crippen LogP contribution in [0.5, 0.6) is 0 Å². The van der Waals surface area contributed by atoms with Crippen molar-refractivity contribution in [3.63, 3.8) is 0 Å². The number of aromatic nitrogens is 1. The highest BCUT2D eigenvalue weighted by atomic mass is 32.2. The van der Waals surface area contributed by atoms with Crippen LogP contribution in [-0.2, 0) is 0 Å². The molecule has 0 fully saturated rings. The molecule has 16 heavy (non-hydrogen) atoms. The average Bonchev–Trinajstić information content (AvgIpc) is 2.70. The Balaban J connectivity index is 2.37. The minimum Gasteiger partial charge on any atom is -0.324 e. The molecule has 0 amide bonds. The molecule has 1 heterocycles. The first-order chi connectivity index (χ1) is 7.68. The van der Waals surface area contributed by atoms with E-state index in [1.54, 1.807) is 19.2 Å². The molecule has 2 rings (SSSR count). The molecule has 2 nitrogen and oxygen atoms in total. The van der Waals surface area contributed by atoms with Gasteiger partial charge in [-0.15, -0.1) is 11.3 Å². The molecule has 2 aromatic rings. The van der Waals surface area contributed by atoms with Crippen LogP contribution in [0.15, 0.2) is 39.0 Å². The van der Waals surface area contributed by atoms with Crippen LogP contribution in [0.3, 0.4) is 0 Å². The van der Waals surface area contributed by atoms with Gasteiger partial charge in [0.05, 0.1) is 0 Å². The van der Waals surface area contributed by atoms with E-state index in [1.807, 2.05) is 11.4 Å². The van der Waals surface area contributed by atoms with E-state index in [-0.39, 0.29) is 11.9 Å². The summed E-state index contributed by atoms with van der Waals surface area (Å²) in [7, 11) is 0. The summed E-state index contributed by atoms with van der Waals surface area (Å²) in [5, 5.41) is 1.90. The number of nitrogens with zero attached hydrogens (tertiary/aromatic N) is 1. The van der Waals surface area contributed by atoms with Crippen LogP contribution in [-0.4, -0.2) is 4.98 Å². The average molecular weight is 254 g/mol. The predicted molar refractivity (Wildman–Crippen MR) is 65.2 cm³/mol. The van der Waals surface area contributed by atoms with Crippen LogP contribution in [0.4, 0.5) is 4.39 Å². The van der Waals surface area contributed by atoms with E-state index in [4.69, 9.17) is 5.73 Å². The summed E-state index contributed by atoms with van der Waals surface area (Å²) < 4.78 is 14.5. The van der Waals surface area contributed by atoms with Crippen molar-refractivity contribution >= 4 is 23.1 Å². The molecule has 0 saturated heterocycles. The van der Waals surface area contributed by atoms with Crippen LogP contribution >= 0.6 is 23.1 Å². The number of hydrogen-bond acceptors (Lipinski definition) is 4. The Morgan fingerprint density at radius 1 is 1.50 bits per heavy atom. The van der Waals surface area contributed by atoms with Crippen LogP contribution in [0.25, 0.3) is 0 Å². The Bertz CT molecular complexity index is 469. The standard InChI is InChI=1S/C11H11FN2S2/c1-7(13)10-8(12)3-2-4-9(10)16-11-14-5-6-15-11/h2-7H,13H2,1H3/t7-/m0/s1. The van der Waals surface area contributed by atoms with Gasteiger partial charge < -0.3 is 5.73 Å². The third-order valence-corrected chi connectivity index (χ3v) is 4.03. The van der Waals surface area contributed by atoms with E-state index in [0.717, 1.165) is 9.24 Å². The van der Waals surface area contributed by atoms with E-state index >= 15 is 0 Å². The SMILES string of the molecule is C[C@H](N)c1c(F)cccc1Sc1nccs1. The maximum absolute atomic E-state index is 13.6. The summed E-state index contributed by atoms with van der Waals surface area (Å²) in [6, 6.07) is 4.68. The van der Waals surface area contributed by atoms with Gasteiger partial charge in [0.15, 0.2) is 4.34 Å². The summed E-state index contributed by atoms with van der Waals surface area (Å²) in [6.45, 7) is 1.78. The van der Waals surface area contributed by atoms with Crippen LogP contribution in [0.1, 0.15) is 18.5 Å². The molecule has 0 saturated carbocycles. The van der Waals surface area contributed by atoms with E-state index in [0.29, 0.717) is 5.56 Å². The van der Waals surface area contributed by atoms with Gasteiger partial charge in [0.1, 0.15) is 5.82 Å². The predicted octanol–water partition coefficient (Wildman–Crippen LogP) is 3.45. The Labute approximate surface area is 102 Å². The van der Waals surface area contributed by atoms with Crippen molar-refractivity contribution in [2.45, 2.75) is 22.2 Å². The van der Waals surface area contributed by atoms with Gasteiger partial charge in [0.2, 0.25) is 0 Å². The first-order valence-electron chi connectivity index (χ1n) is 4.80. The normalized spacial score (nSPS) is 12.7. The highest BCUT2D eigenvalue weighted by Crippen LogP contribution is 2.34. The lowest BCUT2D eigenvalue weighted by molar-refractivity contribution is 0.585. The van der Waals surface area contributed by atoms with Crippen molar-refractivity contribution < 1.29 is 4.39 Å². The summed E-state index contributed by atoms with van der Waals surface area (Å²) in [6.07, 6.45) is 1.73. The lowest BCUT2D eigenvalue weighted by atomic mass is 10.1.